The van der Waals surface area contributed by atoms with Crippen LogP contribution in [-0.4, -0.2) is 99.6 Å². The molecule has 11 nitrogen and oxygen atoms in total. The molecule has 0 aliphatic carbocycles. The van der Waals surface area contributed by atoms with E-state index in [1.807, 2.05) is 6.08 Å². The van der Waals surface area contributed by atoms with Crippen molar-refractivity contribution >= 4 is 11.9 Å². The molecule has 8 atom stereocenters. The Kier molecular flexibility index (Phi) is 52.2. The van der Waals surface area contributed by atoms with E-state index in [1.165, 1.54) is 122 Å². The maximum absolute atomic E-state index is 13.4. The van der Waals surface area contributed by atoms with E-state index in [1.54, 1.807) is 6.08 Å². The third-order valence-electron chi connectivity index (χ3n) is 15.1. The van der Waals surface area contributed by atoms with Crippen LogP contribution in [0.1, 0.15) is 284 Å². The van der Waals surface area contributed by atoms with Crippen LogP contribution in [0.15, 0.2) is 72.9 Å². The molecule has 458 valence electrons. The van der Waals surface area contributed by atoms with Crippen LogP contribution in [0, 0.1) is 0 Å². The van der Waals surface area contributed by atoms with Gasteiger partial charge in [0.1, 0.15) is 24.4 Å². The van der Waals surface area contributed by atoms with Crippen molar-refractivity contribution in [3.63, 3.8) is 0 Å². The predicted octanol–water partition coefficient (Wildman–Crippen LogP) is 16.0. The summed E-state index contributed by atoms with van der Waals surface area (Å²) in [6, 6.07) is -1.03. The van der Waals surface area contributed by atoms with Crippen molar-refractivity contribution in [2.45, 2.75) is 333 Å². The summed E-state index contributed by atoms with van der Waals surface area (Å²) >= 11 is 0. The molecule has 0 aromatic carbocycles. The quantitative estimate of drug-likeness (QED) is 0.0195. The number of carbonyl (C=O) groups is 2. The van der Waals surface area contributed by atoms with E-state index in [0.29, 0.717) is 12.8 Å². The van der Waals surface area contributed by atoms with Crippen LogP contribution >= 0.6 is 0 Å². The molecule has 1 saturated heterocycles. The molecule has 1 aliphatic heterocycles. The summed E-state index contributed by atoms with van der Waals surface area (Å²) in [5.41, 5.74) is 0. The van der Waals surface area contributed by atoms with E-state index >= 15 is 0 Å². The lowest BCUT2D eigenvalue weighted by molar-refractivity contribution is -0.305. The number of nitrogens with one attached hydrogen (secondary N) is 1. The molecule has 1 fully saturated rings. The third kappa shape index (κ3) is 43.5. The van der Waals surface area contributed by atoms with Crippen LogP contribution in [0.5, 0.6) is 0 Å². The number of carbonyl (C=O) groups excluding carboxylic acids is 2. The number of esters is 1. The Morgan fingerprint density at radius 1 is 0.494 bits per heavy atom. The van der Waals surface area contributed by atoms with Gasteiger partial charge in [0.25, 0.3) is 0 Å². The van der Waals surface area contributed by atoms with Gasteiger partial charge in [0.05, 0.1) is 25.4 Å². The summed E-state index contributed by atoms with van der Waals surface area (Å²) in [5, 5.41) is 57.0. The van der Waals surface area contributed by atoms with E-state index < -0.39 is 67.4 Å². The highest BCUT2D eigenvalue weighted by Gasteiger charge is 2.47. The first kappa shape index (κ1) is 74.1. The van der Waals surface area contributed by atoms with Gasteiger partial charge in [-0.2, -0.15) is 0 Å². The zero-order chi connectivity index (χ0) is 57.5. The first-order valence-corrected chi connectivity index (χ1v) is 32.7. The zero-order valence-electron chi connectivity index (χ0n) is 50.7. The average Bonchev–Trinajstić information content (AvgIpc) is 3.47. The standard InChI is InChI=1S/C68H121NO10/c1-4-7-10-13-16-19-22-24-26-28-29-30-31-32-33-34-36-38-41-44-47-50-53-56-63(73)79-66-65(75)64(74)62(57-70)78-68(66)77-58-59(60(71)54-51-48-45-42-39-21-18-15-12-9-6-3)69-67(76)61(72)55-52-49-46-43-40-37-35-27-25-23-20-17-14-11-8-5-2/h16,19,24-27,29-30,32-33,51,54,59-62,64-66,68,70-72,74-75H,4-15,17-18,20-23,28,31,34-50,52-53,55-58H2,1-3H3,(H,69,76)/b19-16-,26-24-,27-25+,30-29-,33-32-,54-51+. The lowest BCUT2D eigenvalue weighted by Gasteiger charge is -2.41. The highest BCUT2D eigenvalue weighted by atomic mass is 16.7. The molecule has 6 N–H and O–H groups in total. The van der Waals surface area contributed by atoms with Gasteiger partial charge < -0.3 is 45.1 Å². The first-order chi connectivity index (χ1) is 38.7. The van der Waals surface area contributed by atoms with Crippen LogP contribution in [0.2, 0.25) is 0 Å². The lowest BCUT2D eigenvalue weighted by Crippen LogP contribution is -2.61. The second-order valence-electron chi connectivity index (χ2n) is 22.5. The van der Waals surface area contributed by atoms with Gasteiger partial charge in [-0.15, -0.1) is 0 Å². The Bertz CT molecular complexity index is 1560. The Morgan fingerprint density at radius 3 is 1.34 bits per heavy atom. The molecular weight excluding hydrogens is 991 g/mol. The van der Waals surface area contributed by atoms with Gasteiger partial charge in [-0.25, -0.2) is 0 Å². The summed E-state index contributed by atoms with van der Waals surface area (Å²) < 4.78 is 17.6. The van der Waals surface area contributed by atoms with E-state index in [4.69, 9.17) is 14.2 Å². The number of amides is 1. The number of allylic oxidation sites excluding steroid dienone is 11. The number of aliphatic hydroxyl groups is 5. The van der Waals surface area contributed by atoms with Crippen LogP contribution in [0.3, 0.4) is 0 Å². The average molecular weight is 1110 g/mol. The van der Waals surface area contributed by atoms with E-state index in [2.05, 4.69) is 86.8 Å². The van der Waals surface area contributed by atoms with E-state index in [-0.39, 0.29) is 19.4 Å². The fraction of sp³-hybridized carbons (Fsp3) is 0.794. The van der Waals surface area contributed by atoms with Crippen LogP contribution < -0.4 is 5.32 Å². The van der Waals surface area contributed by atoms with Gasteiger partial charge in [-0.05, 0) is 96.3 Å². The molecular formula is C68H121NO10. The normalized spacial score (nSPS) is 19.3. The molecule has 0 aromatic rings. The highest BCUT2D eigenvalue weighted by molar-refractivity contribution is 5.80. The van der Waals surface area contributed by atoms with E-state index in [0.717, 1.165) is 116 Å². The Morgan fingerprint density at radius 2 is 0.873 bits per heavy atom. The number of rotatable bonds is 55. The second kappa shape index (κ2) is 55.6. The van der Waals surface area contributed by atoms with Crippen molar-refractivity contribution in [3.05, 3.63) is 72.9 Å². The van der Waals surface area contributed by atoms with Crippen molar-refractivity contribution in [3.8, 4) is 0 Å². The summed E-state index contributed by atoms with van der Waals surface area (Å²) in [6.45, 7) is 5.75. The SMILES string of the molecule is CCCCC/C=C\C/C=C\C/C=C\C/C=C\CCCCCCCCCC(=O)OC1C(OCC(NC(=O)C(O)CCCCCCCC/C=C/CCCCCCCC)C(O)/C=C/CCCCCCCCCCC)OC(CO)C(O)C1O. The minimum atomic E-state index is -1.62. The van der Waals surface area contributed by atoms with Crippen molar-refractivity contribution in [2.75, 3.05) is 13.2 Å². The minimum Gasteiger partial charge on any atom is -0.454 e. The smallest absolute Gasteiger partial charge is 0.306 e. The molecule has 1 aliphatic rings. The summed E-state index contributed by atoms with van der Waals surface area (Å²) in [6.07, 6.45) is 60.8. The molecule has 79 heavy (non-hydrogen) atoms. The largest absolute Gasteiger partial charge is 0.454 e. The number of hydrogen-bond donors (Lipinski definition) is 6. The lowest BCUT2D eigenvalue weighted by atomic mass is 9.99. The fourth-order valence-electron chi connectivity index (χ4n) is 9.86. The first-order valence-electron chi connectivity index (χ1n) is 32.7. The predicted molar refractivity (Wildman–Crippen MR) is 329 cm³/mol. The van der Waals surface area contributed by atoms with Crippen LogP contribution in [0.25, 0.3) is 0 Å². The van der Waals surface area contributed by atoms with Crippen LogP contribution in [-0.2, 0) is 23.8 Å². The molecule has 1 rings (SSSR count). The Hall–Kier alpha value is -2.90. The summed E-state index contributed by atoms with van der Waals surface area (Å²) in [7, 11) is 0. The maximum Gasteiger partial charge on any atom is 0.306 e. The van der Waals surface area contributed by atoms with Crippen LogP contribution in [0.4, 0.5) is 0 Å². The molecule has 0 aromatic heterocycles. The van der Waals surface area contributed by atoms with Crippen molar-refractivity contribution in [1.82, 2.24) is 5.32 Å². The van der Waals surface area contributed by atoms with Gasteiger partial charge in [0.2, 0.25) is 5.91 Å². The highest BCUT2D eigenvalue weighted by Crippen LogP contribution is 2.26. The van der Waals surface area contributed by atoms with Gasteiger partial charge in [-0.1, -0.05) is 254 Å². The molecule has 11 heteroatoms. The zero-order valence-corrected chi connectivity index (χ0v) is 50.7. The molecule has 0 bridgehead atoms. The number of aliphatic hydroxyl groups excluding tert-OH is 5. The summed E-state index contributed by atoms with van der Waals surface area (Å²) in [4.78, 5) is 26.6. The van der Waals surface area contributed by atoms with Gasteiger partial charge in [0.15, 0.2) is 12.4 Å². The second-order valence-corrected chi connectivity index (χ2v) is 22.5. The Labute approximate surface area is 483 Å². The molecule has 1 amide bonds. The fourth-order valence-corrected chi connectivity index (χ4v) is 9.86. The molecule has 0 saturated carbocycles. The maximum atomic E-state index is 13.4. The topological polar surface area (TPSA) is 175 Å². The number of unbranched alkanes of at least 4 members (excludes halogenated alkanes) is 31. The minimum absolute atomic E-state index is 0.109. The monoisotopic (exact) mass is 1110 g/mol. The number of hydrogen-bond acceptors (Lipinski definition) is 10. The summed E-state index contributed by atoms with van der Waals surface area (Å²) in [5.74, 6) is -1.21. The van der Waals surface area contributed by atoms with E-state index in [9.17, 15) is 35.1 Å². The third-order valence-corrected chi connectivity index (χ3v) is 15.1. The van der Waals surface area contributed by atoms with Crippen molar-refractivity contribution < 1.29 is 49.3 Å². The van der Waals surface area contributed by atoms with Gasteiger partial charge in [-0.3, -0.25) is 9.59 Å². The molecule has 1 heterocycles. The molecule has 0 spiro atoms. The Balaban J connectivity index is 2.63. The molecule has 8 unspecified atom stereocenters. The van der Waals surface area contributed by atoms with Crippen molar-refractivity contribution in [2.24, 2.45) is 0 Å². The van der Waals surface area contributed by atoms with Gasteiger partial charge in [0, 0.05) is 6.42 Å². The van der Waals surface area contributed by atoms with Crippen molar-refractivity contribution in [1.29, 1.82) is 0 Å². The molecule has 0 radical (unpaired) electrons. The van der Waals surface area contributed by atoms with Gasteiger partial charge >= 0.3 is 5.97 Å². The number of ether oxygens (including phenoxy) is 3.